The Labute approximate surface area is 125 Å². The second-order valence-electron chi connectivity index (χ2n) is 8.10. The molecule has 118 valence electrons. The third-order valence-electron chi connectivity index (χ3n) is 6.11. The van der Waals surface area contributed by atoms with Crippen molar-refractivity contribution in [1.29, 1.82) is 0 Å². The summed E-state index contributed by atoms with van der Waals surface area (Å²) >= 11 is 0. The summed E-state index contributed by atoms with van der Waals surface area (Å²) in [6.45, 7) is 8.11. The lowest BCUT2D eigenvalue weighted by molar-refractivity contribution is 0.0786. The van der Waals surface area contributed by atoms with Gasteiger partial charge in [0.05, 0.1) is 0 Å². The molecule has 0 spiro atoms. The minimum atomic E-state index is 0.247. The maximum Gasteiger partial charge on any atom is 0.0329 e. The highest BCUT2D eigenvalue weighted by Crippen LogP contribution is 2.40. The van der Waals surface area contributed by atoms with Gasteiger partial charge in [-0.05, 0) is 64.6 Å². The van der Waals surface area contributed by atoms with E-state index in [1.54, 1.807) is 0 Å². The largest absolute Gasteiger partial charge is 0.329 e. The van der Waals surface area contributed by atoms with Crippen molar-refractivity contribution in [3.63, 3.8) is 0 Å². The highest BCUT2D eigenvalue weighted by atomic mass is 15.2. The third-order valence-corrected chi connectivity index (χ3v) is 6.11. The van der Waals surface area contributed by atoms with Crippen molar-refractivity contribution in [1.82, 2.24) is 9.80 Å². The predicted octanol–water partition coefficient (Wildman–Crippen LogP) is 2.70. The van der Waals surface area contributed by atoms with E-state index >= 15 is 0 Å². The molecule has 1 aliphatic heterocycles. The van der Waals surface area contributed by atoms with Crippen LogP contribution < -0.4 is 5.73 Å². The molecule has 1 heterocycles. The van der Waals surface area contributed by atoms with Crippen LogP contribution in [0, 0.1) is 5.41 Å². The molecule has 2 atom stereocenters. The van der Waals surface area contributed by atoms with Crippen LogP contribution in [0.2, 0.25) is 0 Å². The van der Waals surface area contributed by atoms with Gasteiger partial charge in [0, 0.05) is 24.7 Å². The minimum Gasteiger partial charge on any atom is -0.329 e. The van der Waals surface area contributed by atoms with Crippen molar-refractivity contribution >= 4 is 0 Å². The predicted molar refractivity (Wildman–Crippen MR) is 86.9 cm³/mol. The molecular weight excluding hydrogens is 246 g/mol. The van der Waals surface area contributed by atoms with Gasteiger partial charge in [-0.3, -0.25) is 4.90 Å². The molecule has 2 N–H and O–H groups in total. The Hall–Kier alpha value is -0.120. The molecule has 2 unspecified atom stereocenters. The Bertz CT molecular complexity index is 315. The van der Waals surface area contributed by atoms with Gasteiger partial charge >= 0.3 is 0 Å². The highest BCUT2D eigenvalue weighted by Gasteiger charge is 2.39. The molecule has 0 aromatic carbocycles. The minimum absolute atomic E-state index is 0.247. The van der Waals surface area contributed by atoms with Gasteiger partial charge in [-0.1, -0.05) is 20.3 Å². The molecule has 0 amide bonds. The Morgan fingerprint density at radius 2 is 1.90 bits per heavy atom. The quantitative estimate of drug-likeness (QED) is 0.804. The molecule has 2 fully saturated rings. The van der Waals surface area contributed by atoms with Crippen LogP contribution >= 0.6 is 0 Å². The molecule has 0 aromatic heterocycles. The summed E-state index contributed by atoms with van der Waals surface area (Å²) < 4.78 is 0. The maximum absolute atomic E-state index is 6.25. The van der Waals surface area contributed by atoms with Crippen LogP contribution in [0.5, 0.6) is 0 Å². The first kappa shape index (κ1) is 16.3. The van der Waals surface area contributed by atoms with Crippen molar-refractivity contribution in [3.8, 4) is 0 Å². The lowest BCUT2D eigenvalue weighted by Crippen LogP contribution is -2.55. The van der Waals surface area contributed by atoms with Crippen molar-refractivity contribution in [2.45, 2.75) is 70.4 Å². The van der Waals surface area contributed by atoms with E-state index in [-0.39, 0.29) is 5.54 Å². The number of nitrogens with two attached hydrogens (primary N) is 1. The van der Waals surface area contributed by atoms with E-state index in [1.165, 1.54) is 58.0 Å². The number of likely N-dealkylation sites (tertiary alicyclic amines) is 1. The van der Waals surface area contributed by atoms with Crippen LogP contribution in [0.25, 0.3) is 0 Å². The number of hydrogen-bond acceptors (Lipinski definition) is 3. The van der Waals surface area contributed by atoms with Crippen LogP contribution in [0.3, 0.4) is 0 Å². The zero-order chi connectivity index (χ0) is 14.8. The lowest BCUT2D eigenvalue weighted by Gasteiger charge is -2.43. The molecule has 0 aromatic rings. The van der Waals surface area contributed by atoms with Gasteiger partial charge in [-0.25, -0.2) is 0 Å². The Kier molecular flexibility index (Phi) is 5.14. The van der Waals surface area contributed by atoms with Crippen LogP contribution in [0.1, 0.15) is 58.8 Å². The summed E-state index contributed by atoms with van der Waals surface area (Å²) in [4.78, 5) is 5.14. The standard InChI is InChI=1S/C17H35N3/c1-16(2)8-6-9-17(14-18,11-10-16)20(4)13-15-7-5-12-19(15)3/h15H,5-14,18H2,1-4H3. The molecule has 0 radical (unpaired) electrons. The molecule has 3 nitrogen and oxygen atoms in total. The van der Waals surface area contributed by atoms with Crippen LogP contribution in [-0.4, -0.2) is 55.1 Å². The van der Waals surface area contributed by atoms with Gasteiger partial charge in [0.1, 0.15) is 0 Å². The molecule has 2 aliphatic rings. The molecule has 20 heavy (non-hydrogen) atoms. The molecule has 2 rings (SSSR count). The fourth-order valence-electron chi connectivity index (χ4n) is 4.18. The number of rotatable bonds is 4. The van der Waals surface area contributed by atoms with Crippen molar-refractivity contribution in [2.24, 2.45) is 11.1 Å². The van der Waals surface area contributed by atoms with Gasteiger partial charge in [-0.2, -0.15) is 0 Å². The van der Waals surface area contributed by atoms with E-state index in [9.17, 15) is 0 Å². The SMILES string of the molecule is CN1CCCC1CN(C)C1(CN)CCCC(C)(C)CC1. The van der Waals surface area contributed by atoms with Crippen molar-refractivity contribution in [2.75, 3.05) is 33.7 Å². The van der Waals surface area contributed by atoms with Crippen LogP contribution in [-0.2, 0) is 0 Å². The van der Waals surface area contributed by atoms with E-state index in [4.69, 9.17) is 5.73 Å². The van der Waals surface area contributed by atoms with E-state index < -0.39 is 0 Å². The van der Waals surface area contributed by atoms with Gasteiger partial charge < -0.3 is 10.6 Å². The molecular formula is C17H35N3. The molecule has 3 heteroatoms. The number of hydrogen-bond donors (Lipinski definition) is 1. The first-order chi connectivity index (χ1) is 9.38. The number of nitrogens with zero attached hydrogens (tertiary/aromatic N) is 2. The smallest absolute Gasteiger partial charge is 0.0329 e. The highest BCUT2D eigenvalue weighted by molar-refractivity contribution is 4.96. The lowest BCUT2D eigenvalue weighted by atomic mass is 9.83. The summed E-state index contributed by atoms with van der Waals surface area (Å²) in [7, 11) is 4.59. The van der Waals surface area contributed by atoms with Crippen LogP contribution in [0.4, 0.5) is 0 Å². The Morgan fingerprint density at radius 3 is 2.50 bits per heavy atom. The second kappa shape index (κ2) is 6.33. The fraction of sp³-hybridized carbons (Fsp3) is 1.00. The summed E-state index contributed by atoms with van der Waals surface area (Å²) in [5.74, 6) is 0. The van der Waals surface area contributed by atoms with Crippen molar-refractivity contribution < 1.29 is 0 Å². The van der Waals surface area contributed by atoms with Crippen molar-refractivity contribution in [3.05, 3.63) is 0 Å². The summed E-state index contributed by atoms with van der Waals surface area (Å²) in [6, 6.07) is 0.736. The summed E-state index contributed by atoms with van der Waals surface area (Å²) in [5.41, 5.74) is 7.00. The molecule has 1 aliphatic carbocycles. The van der Waals surface area contributed by atoms with Gasteiger partial charge in [0.2, 0.25) is 0 Å². The zero-order valence-electron chi connectivity index (χ0n) is 14.1. The zero-order valence-corrected chi connectivity index (χ0v) is 14.1. The Balaban J connectivity index is 2.01. The monoisotopic (exact) mass is 281 g/mol. The van der Waals surface area contributed by atoms with Gasteiger partial charge in [0.15, 0.2) is 0 Å². The fourth-order valence-corrected chi connectivity index (χ4v) is 4.18. The van der Waals surface area contributed by atoms with E-state index in [0.29, 0.717) is 5.41 Å². The second-order valence-corrected chi connectivity index (χ2v) is 8.10. The molecule has 1 saturated carbocycles. The summed E-state index contributed by atoms with van der Waals surface area (Å²) in [5, 5.41) is 0. The number of likely N-dealkylation sites (N-methyl/N-ethyl adjacent to an activating group) is 2. The van der Waals surface area contributed by atoms with Crippen LogP contribution in [0.15, 0.2) is 0 Å². The van der Waals surface area contributed by atoms with Gasteiger partial charge in [0.25, 0.3) is 0 Å². The topological polar surface area (TPSA) is 32.5 Å². The van der Waals surface area contributed by atoms with Gasteiger partial charge in [-0.15, -0.1) is 0 Å². The normalized spacial score (nSPS) is 35.4. The van der Waals surface area contributed by atoms with E-state index in [0.717, 1.165) is 12.6 Å². The van der Waals surface area contributed by atoms with E-state index in [2.05, 4.69) is 37.7 Å². The first-order valence-electron chi connectivity index (χ1n) is 8.50. The molecule has 0 bridgehead atoms. The molecule has 1 saturated heterocycles. The Morgan fingerprint density at radius 1 is 1.15 bits per heavy atom. The third kappa shape index (κ3) is 3.55. The average Bonchev–Trinajstić information content (AvgIpc) is 2.71. The summed E-state index contributed by atoms with van der Waals surface area (Å²) in [6.07, 6.45) is 9.25. The van der Waals surface area contributed by atoms with E-state index in [1.807, 2.05) is 0 Å². The maximum atomic E-state index is 6.25. The first-order valence-corrected chi connectivity index (χ1v) is 8.50. The average molecular weight is 281 g/mol.